The van der Waals surface area contributed by atoms with Gasteiger partial charge in [0.2, 0.25) is 0 Å². The Bertz CT molecular complexity index is 450. The van der Waals surface area contributed by atoms with Gasteiger partial charge in [0.1, 0.15) is 0 Å². The molecule has 18 heavy (non-hydrogen) atoms. The molecule has 0 heterocycles. The van der Waals surface area contributed by atoms with Crippen LogP contribution in [-0.4, -0.2) is 50.8 Å². The number of hydrogen-bond donors (Lipinski definition) is 1. The molecule has 0 bridgehead atoms. The Labute approximate surface area is 130 Å². The van der Waals surface area contributed by atoms with Crippen molar-refractivity contribution in [1.29, 1.82) is 0 Å². The van der Waals surface area contributed by atoms with Crippen molar-refractivity contribution in [3.05, 3.63) is 29.8 Å². The van der Waals surface area contributed by atoms with Crippen molar-refractivity contribution < 1.29 is 17.4 Å². The van der Waals surface area contributed by atoms with Gasteiger partial charge in [-0.2, -0.15) is 12.7 Å². The van der Waals surface area contributed by atoms with Crippen LogP contribution < -0.4 is 5.48 Å². The zero-order valence-corrected chi connectivity index (χ0v) is 10.8. The second kappa shape index (κ2) is 8.90. The van der Waals surface area contributed by atoms with Crippen molar-refractivity contribution in [3.63, 3.8) is 0 Å². The van der Waals surface area contributed by atoms with Gasteiger partial charge in [-0.15, -0.1) is 0 Å². The van der Waals surface area contributed by atoms with Crippen LogP contribution in [0.25, 0.3) is 0 Å². The molecule has 0 atom stereocenters. The van der Waals surface area contributed by atoms with Gasteiger partial charge in [0.15, 0.2) is 0 Å². The van der Waals surface area contributed by atoms with Gasteiger partial charge in [0, 0.05) is 6.61 Å². The van der Waals surface area contributed by atoms with Crippen LogP contribution >= 0.6 is 0 Å². The zero-order chi connectivity index (χ0) is 12.7. The van der Waals surface area contributed by atoms with Crippen LogP contribution in [0.5, 0.6) is 0 Å². The van der Waals surface area contributed by atoms with E-state index in [1.165, 1.54) is 0 Å². The van der Waals surface area contributed by atoms with Crippen molar-refractivity contribution in [2.45, 2.75) is 20.0 Å². The first-order valence-electron chi connectivity index (χ1n) is 5.32. The fourth-order valence-corrected chi connectivity index (χ4v) is 1.43. The molecule has 5 nitrogen and oxygen atoms in total. The van der Waals surface area contributed by atoms with Crippen molar-refractivity contribution in [2.24, 2.45) is 0 Å². The molecule has 7 heteroatoms. The average Bonchev–Trinajstić information content (AvgIpc) is 2.27. The molecule has 0 saturated carbocycles. The Kier molecular flexibility index (Phi) is 8.85. The maximum atomic E-state index is 10.8. The van der Waals surface area contributed by atoms with Gasteiger partial charge in [-0.25, -0.2) is 5.48 Å². The number of anilines is 1. The topological polar surface area (TPSA) is 64.6 Å². The van der Waals surface area contributed by atoms with Crippen LogP contribution in [0.3, 0.4) is 0 Å². The molecule has 0 fully saturated rings. The van der Waals surface area contributed by atoms with Gasteiger partial charge < -0.3 is 4.74 Å². The molecule has 0 unspecified atom stereocenters. The third-order valence-corrected chi connectivity index (χ3v) is 2.24. The molecule has 0 aliphatic rings. The molecule has 0 amide bonds. The van der Waals surface area contributed by atoms with Crippen molar-refractivity contribution >= 4 is 45.4 Å². The number of hydrogen-bond acceptors (Lipinski definition) is 5. The fraction of sp³-hybridized carbons (Fsp3) is 0.455. The number of rotatable bonds is 7. The SMILES string of the molecule is CCCOCc1cccc(NOS(C)(=O)=O)c1.[NaH]. The van der Waals surface area contributed by atoms with E-state index >= 15 is 0 Å². The van der Waals surface area contributed by atoms with Crippen LogP contribution in [0, 0.1) is 0 Å². The number of ether oxygens (including phenoxy) is 1. The predicted molar refractivity (Wildman–Crippen MR) is 73.1 cm³/mol. The van der Waals surface area contributed by atoms with Gasteiger partial charge in [0.05, 0.1) is 18.6 Å². The molecule has 1 N–H and O–H groups in total. The van der Waals surface area contributed by atoms with E-state index in [9.17, 15) is 8.42 Å². The molecule has 98 valence electrons. The predicted octanol–water partition coefficient (Wildman–Crippen LogP) is 1.27. The van der Waals surface area contributed by atoms with Gasteiger partial charge in [-0.05, 0) is 24.1 Å². The monoisotopic (exact) mass is 283 g/mol. The minimum atomic E-state index is -3.50. The summed E-state index contributed by atoms with van der Waals surface area (Å²) in [6, 6.07) is 7.20. The molecule has 1 rings (SSSR count). The van der Waals surface area contributed by atoms with E-state index in [0.29, 0.717) is 18.9 Å². The van der Waals surface area contributed by atoms with Crippen LogP contribution in [-0.2, 0) is 25.7 Å². The third-order valence-electron chi connectivity index (χ3n) is 1.86. The summed E-state index contributed by atoms with van der Waals surface area (Å²) >= 11 is 0. The summed E-state index contributed by atoms with van der Waals surface area (Å²) < 4.78 is 31.4. The van der Waals surface area contributed by atoms with Crippen LogP contribution in [0.2, 0.25) is 0 Å². The van der Waals surface area contributed by atoms with E-state index in [2.05, 4.69) is 9.76 Å². The molecule has 1 aromatic rings. The average molecular weight is 283 g/mol. The van der Waals surface area contributed by atoms with E-state index in [1.54, 1.807) is 18.2 Å². The van der Waals surface area contributed by atoms with E-state index in [4.69, 9.17) is 4.74 Å². The van der Waals surface area contributed by atoms with E-state index in [0.717, 1.165) is 18.2 Å². The summed E-state index contributed by atoms with van der Waals surface area (Å²) in [6.45, 7) is 3.25. The van der Waals surface area contributed by atoms with Crippen LogP contribution in [0.15, 0.2) is 24.3 Å². The van der Waals surface area contributed by atoms with Gasteiger partial charge in [0.25, 0.3) is 10.1 Å². The molecular weight excluding hydrogens is 265 g/mol. The normalized spacial score (nSPS) is 10.8. The molecular formula is C11H18NNaO4S. The Morgan fingerprint density at radius 3 is 2.67 bits per heavy atom. The third kappa shape index (κ3) is 8.07. The summed E-state index contributed by atoms with van der Waals surface area (Å²) in [5, 5.41) is 0. The van der Waals surface area contributed by atoms with Crippen LogP contribution in [0.4, 0.5) is 5.69 Å². The minimum absolute atomic E-state index is 0. The second-order valence-corrected chi connectivity index (χ2v) is 5.22. The van der Waals surface area contributed by atoms with Crippen molar-refractivity contribution in [1.82, 2.24) is 0 Å². The van der Waals surface area contributed by atoms with Crippen molar-refractivity contribution in [3.8, 4) is 0 Å². The van der Waals surface area contributed by atoms with E-state index in [1.807, 2.05) is 13.0 Å². The second-order valence-electron chi connectivity index (χ2n) is 3.64. The molecule has 0 aliphatic carbocycles. The van der Waals surface area contributed by atoms with E-state index < -0.39 is 10.1 Å². The first kappa shape index (κ1) is 17.9. The molecule has 0 radical (unpaired) electrons. The first-order valence-corrected chi connectivity index (χ1v) is 7.14. The van der Waals surface area contributed by atoms with Gasteiger partial charge in [-0.3, -0.25) is 0 Å². The molecule has 0 aliphatic heterocycles. The van der Waals surface area contributed by atoms with E-state index in [-0.39, 0.29) is 29.6 Å². The molecule has 1 aromatic carbocycles. The first-order chi connectivity index (χ1) is 8.01. The van der Waals surface area contributed by atoms with Crippen molar-refractivity contribution in [2.75, 3.05) is 18.3 Å². The van der Waals surface area contributed by atoms with Gasteiger partial charge >= 0.3 is 29.6 Å². The van der Waals surface area contributed by atoms with Crippen LogP contribution in [0.1, 0.15) is 18.9 Å². The maximum absolute atomic E-state index is 10.8. The molecule has 0 spiro atoms. The molecule has 0 saturated heterocycles. The summed E-state index contributed by atoms with van der Waals surface area (Å²) in [4.78, 5) is 0. The fourth-order valence-electron chi connectivity index (χ4n) is 1.18. The summed E-state index contributed by atoms with van der Waals surface area (Å²) in [5.41, 5.74) is 3.91. The van der Waals surface area contributed by atoms with Gasteiger partial charge in [-0.1, -0.05) is 19.1 Å². The standard InChI is InChI=1S/C11H17NO4S.Na.H/c1-3-7-15-9-10-5-4-6-11(8-10)12-16-17(2,13)14;;/h4-6,8,12H,3,7,9H2,1-2H3;;. The molecule has 0 aromatic heterocycles. The quantitative estimate of drug-likeness (QED) is 0.464. The summed E-state index contributed by atoms with van der Waals surface area (Å²) in [7, 11) is -3.50. The Morgan fingerprint density at radius 2 is 2.06 bits per heavy atom. The number of nitrogens with one attached hydrogen (secondary N) is 1. The summed E-state index contributed by atoms with van der Waals surface area (Å²) in [5.74, 6) is 0. The Balaban J connectivity index is 0.00000289. The zero-order valence-electron chi connectivity index (χ0n) is 9.97. The Hall–Kier alpha value is -0.110. The Morgan fingerprint density at radius 1 is 1.33 bits per heavy atom. The number of benzene rings is 1. The summed E-state index contributed by atoms with van der Waals surface area (Å²) in [6.07, 6.45) is 1.95.